The van der Waals surface area contributed by atoms with E-state index >= 15 is 0 Å². The minimum absolute atomic E-state index is 0.0718. The lowest BCUT2D eigenvalue weighted by molar-refractivity contribution is 0.186. The van der Waals surface area contributed by atoms with E-state index in [1.807, 2.05) is 13.0 Å². The molecule has 0 unspecified atom stereocenters. The number of anilines is 1. The fourth-order valence-electron chi connectivity index (χ4n) is 4.42. The van der Waals surface area contributed by atoms with Gasteiger partial charge in [-0.25, -0.2) is 9.97 Å². The average molecular weight is 491 g/mol. The zero-order valence-electron chi connectivity index (χ0n) is 17.0. The number of ether oxygens (including phenoxy) is 1. The topological polar surface area (TPSA) is 52.0 Å². The first-order chi connectivity index (χ1) is 15.1. The molecule has 0 saturated heterocycles. The van der Waals surface area contributed by atoms with Crippen molar-refractivity contribution in [3.63, 3.8) is 0 Å². The van der Waals surface area contributed by atoms with Gasteiger partial charge in [-0.1, -0.05) is 40.2 Å². The smallest absolute Gasteiger partial charge is 0.155 e. The number of imidazole rings is 1. The molecule has 0 saturated carbocycles. The fourth-order valence-corrected chi connectivity index (χ4v) is 5.90. The van der Waals surface area contributed by atoms with Gasteiger partial charge in [0.2, 0.25) is 0 Å². The molecule has 0 fully saturated rings. The van der Waals surface area contributed by atoms with Gasteiger partial charge >= 0.3 is 0 Å². The molecule has 5 aromatic rings. The molecule has 7 heteroatoms. The second-order valence-corrected chi connectivity index (χ2v) is 9.65. The number of rotatable bonds is 3. The minimum Gasteiger partial charge on any atom is -0.380 e. The molecule has 0 amide bonds. The summed E-state index contributed by atoms with van der Waals surface area (Å²) in [5.74, 6) is 0.979. The number of hydrogen-bond donors (Lipinski definition) is 1. The highest BCUT2D eigenvalue weighted by atomic mass is 79.9. The Balaban J connectivity index is 1.68. The largest absolute Gasteiger partial charge is 0.380 e. The van der Waals surface area contributed by atoms with Crippen molar-refractivity contribution in [2.45, 2.75) is 19.7 Å². The van der Waals surface area contributed by atoms with Gasteiger partial charge in [0.1, 0.15) is 11.0 Å². The van der Waals surface area contributed by atoms with Crippen molar-refractivity contribution >= 4 is 54.2 Å². The SMILES string of the molecule is COCc1cc(C)nc2sc3c(c12)N[C@H](c1ccc(Br)cc1)n1c-3nc2ccccc21. The highest BCUT2D eigenvalue weighted by Crippen LogP contribution is 2.49. The van der Waals surface area contributed by atoms with Gasteiger partial charge in [0.25, 0.3) is 0 Å². The maximum Gasteiger partial charge on any atom is 0.155 e. The summed E-state index contributed by atoms with van der Waals surface area (Å²) in [6.07, 6.45) is -0.0718. The summed E-state index contributed by atoms with van der Waals surface area (Å²) in [6, 6.07) is 18.9. The maximum atomic E-state index is 5.52. The lowest BCUT2D eigenvalue weighted by atomic mass is 10.1. The molecule has 154 valence electrons. The van der Waals surface area contributed by atoms with Crippen LogP contribution in [0.2, 0.25) is 0 Å². The third-order valence-corrected chi connectivity index (χ3v) is 7.30. The summed E-state index contributed by atoms with van der Waals surface area (Å²) >= 11 is 5.25. The zero-order chi connectivity index (χ0) is 21.1. The van der Waals surface area contributed by atoms with Crippen LogP contribution in [-0.4, -0.2) is 21.6 Å². The van der Waals surface area contributed by atoms with Crippen LogP contribution in [0.4, 0.5) is 5.69 Å². The van der Waals surface area contributed by atoms with E-state index in [0.29, 0.717) is 6.61 Å². The molecule has 0 bridgehead atoms. The number of halogens is 1. The summed E-state index contributed by atoms with van der Waals surface area (Å²) in [7, 11) is 1.73. The lowest BCUT2D eigenvalue weighted by Gasteiger charge is -2.29. The molecule has 1 N–H and O–H groups in total. The van der Waals surface area contributed by atoms with Gasteiger partial charge < -0.3 is 10.1 Å². The van der Waals surface area contributed by atoms with Crippen LogP contribution in [0.15, 0.2) is 59.1 Å². The third kappa shape index (κ3) is 2.91. The van der Waals surface area contributed by atoms with E-state index < -0.39 is 0 Å². The average Bonchev–Trinajstić information content (AvgIpc) is 3.32. The Bertz CT molecular complexity index is 1450. The van der Waals surface area contributed by atoms with Gasteiger partial charge in [0, 0.05) is 22.7 Å². The molecule has 4 heterocycles. The van der Waals surface area contributed by atoms with Crippen LogP contribution >= 0.6 is 27.3 Å². The molecule has 0 radical (unpaired) electrons. The molecule has 31 heavy (non-hydrogen) atoms. The van der Waals surface area contributed by atoms with E-state index in [4.69, 9.17) is 14.7 Å². The summed E-state index contributed by atoms with van der Waals surface area (Å²) < 4.78 is 8.88. The molecule has 1 aliphatic heterocycles. The van der Waals surface area contributed by atoms with Crippen LogP contribution in [0.3, 0.4) is 0 Å². The van der Waals surface area contributed by atoms with E-state index in [9.17, 15) is 0 Å². The van der Waals surface area contributed by atoms with Crippen LogP contribution in [-0.2, 0) is 11.3 Å². The molecule has 5 nitrogen and oxygen atoms in total. The number of hydrogen-bond acceptors (Lipinski definition) is 5. The normalized spacial score (nSPS) is 15.1. The minimum atomic E-state index is -0.0718. The summed E-state index contributed by atoms with van der Waals surface area (Å²) in [5.41, 5.74) is 6.52. The van der Waals surface area contributed by atoms with Gasteiger partial charge in [0.15, 0.2) is 5.82 Å². The number of nitrogens with one attached hydrogen (secondary N) is 1. The quantitative estimate of drug-likeness (QED) is 0.313. The summed E-state index contributed by atoms with van der Waals surface area (Å²) in [4.78, 5) is 12.0. The van der Waals surface area contributed by atoms with E-state index in [0.717, 1.165) is 53.4 Å². The molecule has 6 rings (SSSR count). The van der Waals surface area contributed by atoms with E-state index in [-0.39, 0.29) is 6.17 Å². The Hall–Kier alpha value is -2.74. The van der Waals surface area contributed by atoms with Crippen LogP contribution in [0.25, 0.3) is 32.0 Å². The number of aromatic nitrogens is 3. The fraction of sp³-hybridized carbons (Fsp3) is 0.167. The molecule has 0 aliphatic carbocycles. The van der Waals surface area contributed by atoms with E-state index in [1.54, 1.807) is 18.4 Å². The van der Waals surface area contributed by atoms with E-state index in [2.05, 4.69) is 74.3 Å². The van der Waals surface area contributed by atoms with Gasteiger partial charge in [-0.3, -0.25) is 4.57 Å². The number of fused-ring (bicyclic) bond motifs is 7. The Morgan fingerprint density at radius 3 is 2.74 bits per heavy atom. The van der Waals surface area contributed by atoms with Crippen molar-refractivity contribution < 1.29 is 4.74 Å². The molecule has 1 atom stereocenters. The van der Waals surface area contributed by atoms with Crippen molar-refractivity contribution in [2.24, 2.45) is 0 Å². The zero-order valence-corrected chi connectivity index (χ0v) is 19.4. The maximum absolute atomic E-state index is 5.52. The second-order valence-electron chi connectivity index (χ2n) is 7.73. The van der Waals surface area contributed by atoms with Crippen molar-refractivity contribution in [2.75, 3.05) is 12.4 Å². The Morgan fingerprint density at radius 1 is 1.13 bits per heavy atom. The highest BCUT2D eigenvalue weighted by Gasteiger charge is 2.32. The predicted molar refractivity (Wildman–Crippen MR) is 130 cm³/mol. The van der Waals surface area contributed by atoms with Crippen molar-refractivity contribution in [3.05, 3.63) is 75.9 Å². The number of pyridine rings is 1. The van der Waals surface area contributed by atoms with Crippen molar-refractivity contribution in [1.82, 2.24) is 14.5 Å². The molecular weight excluding hydrogens is 472 g/mol. The number of methoxy groups -OCH3 is 1. The predicted octanol–water partition coefficient (Wildman–Crippen LogP) is 6.50. The molecule has 1 aliphatic rings. The summed E-state index contributed by atoms with van der Waals surface area (Å²) in [6.45, 7) is 2.58. The number of thiophene rings is 1. The third-order valence-electron chi connectivity index (χ3n) is 5.70. The second kappa shape index (κ2) is 7.15. The Kier molecular flexibility index (Phi) is 4.38. The van der Waals surface area contributed by atoms with Gasteiger partial charge in [-0.05, 0) is 48.4 Å². The Morgan fingerprint density at radius 2 is 1.94 bits per heavy atom. The lowest BCUT2D eigenvalue weighted by Crippen LogP contribution is -2.24. The van der Waals surface area contributed by atoms with Gasteiger partial charge in [0.05, 0.1) is 28.2 Å². The van der Waals surface area contributed by atoms with Crippen molar-refractivity contribution in [1.29, 1.82) is 0 Å². The van der Waals surface area contributed by atoms with Crippen LogP contribution in [0, 0.1) is 6.92 Å². The Labute approximate surface area is 191 Å². The number of benzene rings is 2. The number of nitrogens with zero attached hydrogens (tertiary/aromatic N) is 3. The van der Waals surface area contributed by atoms with Gasteiger partial charge in [-0.15, -0.1) is 11.3 Å². The summed E-state index contributed by atoms with van der Waals surface area (Å²) in [5, 5.41) is 4.96. The van der Waals surface area contributed by atoms with Crippen LogP contribution in [0.5, 0.6) is 0 Å². The first-order valence-corrected chi connectivity index (χ1v) is 11.7. The molecule has 0 spiro atoms. The molecule has 2 aromatic carbocycles. The molecule has 3 aromatic heterocycles. The van der Waals surface area contributed by atoms with Crippen LogP contribution in [0.1, 0.15) is 23.0 Å². The number of aryl methyl sites for hydroxylation is 1. The number of para-hydroxylation sites is 2. The van der Waals surface area contributed by atoms with Crippen LogP contribution < -0.4 is 5.32 Å². The standard InChI is InChI=1S/C24H19BrN4OS/c1-13-11-15(12-30-2)19-20-21(31-24(19)26-13)23-27-17-5-3-4-6-18(17)29(23)22(28-20)14-7-9-16(25)10-8-14/h3-11,22,28H,12H2,1-2H3/t22-/m0/s1. The molecular formula is C24H19BrN4OS. The van der Waals surface area contributed by atoms with Gasteiger partial charge in [-0.2, -0.15) is 0 Å². The monoisotopic (exact) mass is 490 g/mol. The first kappa shape index (κ1) is 19.0. The highest BCUT2D eigenvalue weighted by molar-refractivity contribution is 9.10. The van der Waals surface area contributed by atoms with Crippen molar-refractivity contribution in [3.8, 4) is 10.7 Å². The first-order valence-electron chi connectivity index (χ1n) is 10.1. The van der Waals surface area contributed by atoms with E-state index in [1.165, 1.54) is 5.56 Å².